The number of nitrogens with zero attached hydrogens (tertiary/aromatic N) is 4. The summed E-state index contributed by atoms with van der Waals surface area (Å²) in [4.78, 5) is 25.7. The van der Waals surface area contributed by atoms with Crippen molar-refractivity contribution in [2.45, 2.75) is 38.9 Å². The lowest BCUT2D eigenvalue weighted by atomic mass is 9.99. The van der Waals surface area contributed by atoms with E-state index in [4.69, 9.17) is 0 Å². The van der Waals surface area contributed by atoms with Gasteiger partial charge in [0.15, 0.2) is 0 Å². The van der Waals surface area contributed by atoms with Crippen LogP contribution in [-0.2, 0) is 23.9 Å². The molecular weight excluding hydrogens is 371 g/mol. The van der Waals surface area contributed by atoms with E-state index in [0.29, 0.717) is 36.1 Å². The number of carbonyl (C=O) groups excluding carboxylic acids is 1. The largest absolute Gasteiger partial charge is 0.433 e. The van der Waals surface area contributed by atoms with Crippen molar-refractivity contribution in [2.24, 2.45) is 5.92 Å². The van der Waals surface area contributed by atoms with Gasteiger partial charge in [0.2, 0.25) is 5.91 Å². The SMILES string of the molecule is CC1CCN(c2nc(C(F)(F)F)ccc2CNC(=O)Cc2ccncn2)CC1. The fraction of sp³-hybridized carbons (Fsp3) is 0.474. The summed E-state index contributed by atoms with van der Waals surface area (Å²) in [5.41, 5.74) is 0.221. The Balaban J connectivity index is 1.74. The van der Waals surface area contributed by atoms with E-state index in [1.165, 1.54) is 12.4 Å². The molecule has 150 valence electrons. The van der Waals surface area contributed by atoms with Crippen LogP contribution in [0.2, 0.25) is 0 Å². The van der Waals surface area contributed by atoms with E-state index in [2.05, 4.69) is 27.2 Å². The summed E-state index contributed by atoms with van der Waals surface area (Å²) in [7, 11) is 0. The number of hydrogen-bond acceptors (Lipinski definition) is 5. The molecule has 6 nitrogen and oxygen atoms in total. The minimum Gasteiger partial charge on any atom is -0.356 e. The molecule has 0 saturated carbocycles. The zero-order valence-electron chi connectivity index (χ0n) is 15.5. The van der Waals surface area contributed by atoms with Gasteiger partial charge in [-0.2, -0.15) is 13.2 Å². The van der Waals surface area contributed by atoms with Crippen molar-refractivity contribution in [1.82, 2.24) is 20.3 Å². The zero-order valence-corrected chi connectivity index (χ0v) is 15.5. The monoisotopic (exact) mass is 393 g/mol. The number of pyridine rings is 1. The Kier molecular flexibility index (Phi) is 6.11. The fourth-order valence-electron chi connectivity index (χ4n) is 3.11. The van der Waals surface area contributed by atoms with Gasteiger partial charge in [0.05, 0.1) is 12.1 Å². The molecule has 0 spiro atoms. The third kappa shape index (κ3) is 5.17. The Bertz CT molecular complexity index is 805. The second kappa shape index (κ2) is 8.53. The second-order valence-electron chi connectivity index (χ2n) is 7.00. The smallest absolute Gasteiger partial charge is 0.356 e. The second-order valence-corrected chi connectivity index (χ2v) is 7.00. The maximum atomic E-state index is 13.1. The maximum absolute atomic E-state index is 13.1. The van der Waals surface area contributed by atoms with Crippen LogP contribution in [0.1, 0.15) is 36.7 Å². The number of rotatable bonds is 5. The number of piperidine rings is 1. The normalized spacial score (nSPS) is 15.5. The van der Waals surface area contributed by atoms with E-state index >= 15 is 0 Å². The van der Waals surface area contributed by atoms with Gasteiger partial charge in [0.25, 0.3) is 0 Å². The van der Waals surface area contributed by atoms with Crippen LogP contribution in [0, 0.1) is 5.92 Å². The highest BCUT2D eigenvalue weighted by Crippen LogP contribution is 2.32. The molecule has 1 fully saturated rings. The number of halogens is 3. The van der Waals surface area contributed by atoms with Gasteiger partial charge in [-0.15, -0.1) is 0 Å². The number of aromatic nitrogens is 3. The van der Waals surface area contributed by atoms with Crippen LogP contribution in [0.25, 0.3) is 0 Å². The quantitative estimate of drug-likeness (QED) is 0.846. The molecule has 2 aromatic heterocycles. The summed E-state index contributed by atoms with van der Waals surface area (Å²) >= 11 is 0. The number of amides is 1. The first-order valence-corrected chi connectivity index (χ1v) is 9.16. The third-order valence-electron chi connectivity index (χ3n) is 4.79. The van der Waals surface area contributed by atoms with Gasteiger partial charge in [-0.05, 0) is 30.9 Å². The van der Waals surface area contributed by atoms with Crippen molar-refractivity contribution in [3.05, 3.63) is 47.7 Å². The highest BCUT2D eigenvalue weighted by atomic mass is 19.4. The van der Waals surface area contributed by atoms with Crippen molar-refractivity contribution in [1.29, 1.82) is 0 Å². The molecule has 0 aliphatic carbocycles. The molecule has 28 heavy (non-hydrogen) atoms. The molecule has 9 heteroatoms. The molecule has 0 radical (unpaired) electrons. The standard InChI is InChI=1S/C19H22F3N5O/c1-13-5-8-27(9-6-13)18-14(2-3-16(26-18)19(20,21)22)11-24-17(28)10-15-4-7-23-12-25-15/h2-4,7,12-13H,5-6,8-11H2,1H3,(H,24,28). The van der Waals surface area contributed by atoms with Gasteiger partial charge in [-0.1, -0.05) is 13.0 Å². The molecule has 1 saturated heterocycles. The van der Waals surface area contributed by atoms with E-state index in [1.54, 1.807) is 12.3 Å². The lowest BCUT2D eigenvalue weighted by molar-refractivity contribution is -0.141. The summed E-state index contributed by atoms with van der Waals surface area (Å²) in [5, 5.41) is 2.75. The van der Waals surface area contributed by atoms with E-state index in [1.807, 2.05) is 4.90 Å². The predicted octanol–water partition coefficient (Wildman–Crippen LogP) is 2.99. The summed E-state index contributed by atoms with van der Waals surface area (Å²) in [6.07, 6.45) is 0.275. The predicted molar refractivity (Wildman–Crippen MR) is 97.4 cm³/mol. The average molecular weight is 393 g/mol. The number of hydrogen-bond donors (Lipinski definition) is 1. The van der Waals surface area contributed by atoms with Crippen LogP contribution < -0.4 is 10.2 Å². The molecule has 0 aromatic carbocycles. The summed E-state index contributed by atoms with van der Waals surface area (Å²) in [6, 6.07) is 4.00. The first-order valence-electron chi connectivity index (χ1n) is 9.16. The molecule has 0 unspecified atom stereocenters. The topological polar surface area (TPSA) is 71.0 Å². The van der Waals surface area contributed by atoms with Gasteiger partial charge >= 0.3 is 6.18 Å². The van der Waals surface area contributed by atoms with Crippen molar-refractivity contribution in [2.75, 3.05) is 18.0 Å². The molecule has 0 atom stereocenters. The molecule has 2 aromatic rings. The number of carbonyl (C=O) groups is 1. The van der Waals surface area contributed by atoms with Crippen LogP contribution in [0.5, 0.6) is 0 Å². The fourth-order valence-corrected chi connectivity index (χ4v) is 3.11. The minimum absolute atomic E-state index is 0.0765. The van der Waals surface area contributed by atoms with E-state index < -0.39 is 11.9 Å². The Morgan fingerprint density at radius 3 is 2.64 bits per heavy atom. The van der Waals surface area contributed by atoms with Crippen molar-refractivity contribution in [3.63, 3.8) is 0 Å². The number of alkyl halides is 3. The molecule has 1 amide bonds. The molecular formula is C19H22F3N5O. The Hall–Kier alpha value is -2.71. The molecule has 3 heterocycles. The summed E-state index contributed by atoms with van der Waals surface area (Å²) < 4.78 is 39.4. The van der Waals surface area contributed by atoms with Crippen LogP contribution in [0.4, 0.5) is 19.0 Å². The van der Waals surface area contributed by atoms with Crippen molar-refractivity contribution in [3.8, 4) is 0 Å². The Morgan fingerprint density at radius 2 is 2.00 bits per heavy atom. The third-order valence-corrected chi connectivity index (χ3v) is 4.79. The number of nitrogens with one attached hydrogen (secondary N) is 1. The van der Waals surface area contributed by atoms with Crippen LogP contribution in [0.15, 0.2) is 30.7 Å². The molecule has 3 rings (SSSR count). The highest BCUT2D eigenvalue weighted by molar-refractivity contribution is 5.78. The minimum atomic E-state index is -4.51. The molecule has 0 bridgehead atoms. The van der Waals surface area contributed by atoms with Gasteiger partial charge in [-0.25, -0.2) is 15.0 Å². The first-order chi connectivity index (χ1) is 13.3. The average Bonchev–Trinajstić information content (AvgIpc) is 2.67. The van der Waals surface area contributed by atoms with E-state index in [0.717, 1.165) is 18.9 Å². The first kappa shape index (κ1) is 20.0. The molecule has 1 aliphatic heterocycles. The zero-order chi connectivity index (χ0) is 20.1. The highest BCUT2D eigenvalue weighted by Gasteiger charge is 2.34. The summed E-state index contributed by atoms with van der Waals surface area (Å²) in [5.74, 6) is 0.568. The van der Waals surface area contributed by atoms with Crippen molar-refractivity contribution < 1.29 is 18.0 Å². The number of anilines is 1. The van der Waals surface area contributed by atoms with Gasteiger partial charge in [0, 0.05) is 31.4 Å². The van der Waals surface area contributed by atoms with E-state index in [-0.39, 0.29) is 18.9 Å². The van der Waals surface area contributed by atoms with Crippen LogP contribution in [0.3, 0.4) is 0 Å². The Morgan fingerprint density at radius 1 is 1.25 bits per heavy atom. The van der Waals surface area contributed by atoms with Crippen LogP contribution in [-0.4, -0.2) is 33.9 Å². The van der Waals surface area contributed by atoms with Gasteiger partial charge < -0.3 is 10.2 Å². The summed E-state index contributed by atoms with van der Waals surface area (Å²) in [6.45, 7) is 3.54. The molecule has 1 N–H and O–H groups in total. The van der Waals surface area contributed by atoms with E-state index in [9.17, 15) is 18.0 Å². The maximum Gasteiger partial charge on any atom is 0.433 e. The van der Waals surface area contributed by atoms with Crippen molar-refractivity contribution >= 4 is 11.7 Å². The van der Waals surface area contributed by atoms with Crippen LogP contribution >= 0.6 is 0 Å². The Labute approximate surface area is 161 Å². The lowest BCUT2D eigenvalue weighted by Crippen LogP contribution is -2.35. The van der Waals surface area contributed by atoms with Gasteiger partial charge in [0.1, 0.15) is 17.8 Å². The lowest BCUT2D eigenvalue weighted by Gasteiger charge is -2.33. The van der Waals surface area contributed by atoms with Gasteiger partial charge in [-0.3, -0.25) is 4.79 Å². The molecule has 1 aliphatic rings.